The van der Waals surface area contributed by atoms with Gasteiger partial charge in [-0.2, -0.15) is 0 Å². The molecule has 1 aliphatic carbocycles. The highest BCUT2D eigenvalue weighted by Gasteiger charge is 2.60. The Hall–Kier alpha value is -0.400. The number of aliphatic hydroxyl groups excluding tert-OH is 6. The normalized spacial score (nSPS) is 55.4. The van der Waals surface area contributed by atoms with E-state index in [-0.39, 0.29) is 38.5 Å². The highest BCUT2D eigenvalue weighted by atomic mass is 16.7. The number of rotatable bonds is 2. The van der Waals surface area contributed by atoms with Crippen LogP contribution >= 0.6 is 0 Å². The zero-order valence-electron chi connectivity index (χ0n) is 14.4. The van der Waals surface area contributed by atoms with E-state index in [2.05, 4.69) is 0 Å². The first-order chi connectivity index (χ1) is 12.0. The quantitative estimate of drug-likeness (QED) is 0.241. The number of hydrogen-bond acceptors (Lipinski definition) is 10. The molecule has 0 amide bonds. The summed E-state index contributed by atoms with van der Waals surface area (Å²) in [7, 11) is 0. The van der Waals surface area contributed by atoms with E-state index in [4.69, 9.17) is 9.47 Å². The molecule has 0 unspecified atom stereocenters. The van der Waals surface area contributed by atoms with Crippen molar-refractivity contribution in [2.24, 2.45) is 0 Å². The van der Waals surface area contributed by atoms with E-state index in [1.807, 2.05) is 0 Å². The van der Waals surface area contributed by atoms with Gasteiger partial charge in [0.15, 0.2) is 0 Å². The van der Waals surface area contributed by atoms with Gasteiger partial charge in [0.05, 0.1) is 36.6 Å². The molecule has 10 heteroatoms. The minimum Gasteiger partial charge on any atom is -0.391 e. The molecule has 2 spiro atoms. The molecule has 3 rings (SSSR count). The minimum atomic E-state index is -2.28. The summed E-state index contributed by atoms with van der Waals surface area (Å²) in [4.78, 5) is 0. The van der Waals surface area contributed by atoms with Crippen LogP contribution in [0.4, 0.5) is 0 Å². The average molecular weight is 380 g/mol. The van der Waals surface area contributed by atoms with E-state index in [0.717, 1.165) is 0 Å². The van der Waals surface area contributed by atoms with Gasteiger partial charge < -0.3 is 50.3 Å². The fourth-order valence-electron chi connectivity index (χ4n) is 4.57. The third-order valence-corrected chi connectivity index (χ3v) is 6.13. The Kier molecular flexibility index (Phi) is 5.15. The van der Waals surface area contributed by atoms with Crippen LogP contribution in [-0.4, -0.2) is 101 Å². The van der Waals surface area contributed by atoms with Crippen LogP contribution in [0.25, 0.3) is 0 Å². The van der Waals surface area contributed by atoms with Gasteiger partial charge in [-0.05, 0) is 25.7 Å². The molecule has 1 saturated carbocycles. The lowest BCUT2D eigenvalue weighted by atomic mass is 9.68. The lowest BCUT2D eigenvalue weighted by molar-refractivity contribution is -0.389. The van der Waals surface area contributed by atoms with Crippen LogP contribution in [-0.2, 0) is 9.47 Å². The van der Waals surface area contributed by atoms with Crippen LogP contribution in [0.3, 0.4) is 0 Å². The summed E-state index contributed by atoms with van der Waals surface area (Å²) in [5, 5.41) is 79.2. The van der Waals surface area contributed by atoms with Gasteiger partial charge in [0.1, 0.15) is 12.2 Å². The Labute approximate surface area is 150 Å². The lowest BCUT2D eigenvalue weighted by Gasteiger charge is -2.56. The lowest BCUT2D eigenvalue weighted by Crippen LogP contribution is -2.68. The van der Waals surface area contributed by atoms with Gasteiger partial charge in [0, 0.05) is 12.8 Å². The van der Waals surface area contributed by atoms with Gasteiger partial charge in [-0.3, -0.25) is 0 Å². The van der Waals surface area contributed by atoms with Crippen LogP contribution in [0, 0.1) is 0 Å². The molecule has 26 heavy (non-hydrogen) atoms. The highest BCUT2D eigenvalue weighted by Crippen LogP contribution is 2.51. The van der Waals surface area contributed by atoms with Crippen LogP contribution in [0.2, 0.25) is 0 Å². The number of aliphatic hydroxyl groups is 8. The highest BCUT2D eigenvalue weighted by molar-refractivity contribution is 5.06. The second-order valence-electron chi connectivity index (χ2n) is 8.01. The SMILES string of the molecule is OC[C@@]1(O)OC2(CCC3(CC2)C[C@@H](O)[C@H](O)[C@@](O)(CO)O3)C[C@@H](O)[C@@H]1O. The van der Waals surface area contributed by atoms with Crippen molar-refractivity contribution in [3.63, 3.8) is 0 Å². The van der Waals surface area contributed by atoms with E-state index >= 15 is 0 Å². The molecule has 10 nitrogen and oxygen atoms in total. The maximum absolute atomic E-state index is 10.3. The monoisotopic (exact) mass is 380 g/mol. The summed E-state index contributed by atoms with van der Waals surface area (Å²) in [6.07, 6.45) is -4.76. The summed E-state index contributed by atoms with van der Waals surface area (Å²) in [5.41, 5.74) is -2.02. The fraction of sp³-hybridized carbons (Fsp3) is 1.00. The molecule has 3 fully saturated rings. The predicted molar refractivity (Wildman–Crippen MR) is 83.4 cm³/mol. The molecule has 2 aliphatic heterocycles. The first kappa shape index (κ1) is 20.3. The van der Waals surface area contributed by atoms with E-state index in [0.29, 0.717) is 0 Å². The van der Waals surface area contributed by atoms with Gasteiger partial charge >= 0.3 is 0 Å². The Morgan fingerprint density at radius 1 is 0.654 bits per heavy atom. The maximum atomic E-state index is 10.3. The molecule has 0 bridgehead atoms. The Bertz CT molecular complexity index is 475. The van der Waals surface area contributed by atoms with Crippen molar-refractivity contribution in [3.05, 3.63) is 0 Å². The van der Waals surface area contributed by atoms with Gasteiger partial charge in [0.25, 0.3) is 0 Å². The first-order valence-corrected chi connectivity index (χ1v) is 8.82. The molecule has 8 N–H and O–H groups in total. The molecule has 0 radical (unpaired) electrons. The summed E-state index contributed by atoms with van der Waals surface area (Å²) >= 11 is 0. The molecule has 2 saturated heterocycles. The molecular formula is C16H28O10. The molecule has 152 valence electrons. The Balaban J connectivity index is 1.76. The van der Waals surface area contributed by atoms with Crippen molar-refractivity contribution in [1.29, 1.82) is 0 Å². The Morgan fingerprint density at radius 3 is 1.23 bits per heavy atom. The van der Waals surface area contributed by atoms with Crippen molar-refractivity contribution < 1.29 is 50.3 Å². The molecule has 0 aromatic heterocycles. The van der Waals surface area contributed by atoms with Gasteiger partial charge in [0.2, 0.25) is 11.6 Å². The third-order valence-electron chi connectivity index (χ3n) is 6.13. The largest absolute Gasteiger partial charge is 0.391 e. The fourth-order valence-corrected chi connectivity index (χ4v) is 4.57. The van der Waals surface area contributed by atoms with Crippen molar-refractivity contribution >= 4 is 0 Å². The van der Waals surface area contributed by atoms with E-state index in [9.17, 15) is 40.9 Å². The van der Waals surface area contributed by atoms with E-state index in [1.165, 1.54) is 0 Å². The van der Waals surface area contributed by atoms with Crippen LogP contribution in [0.1, 0.15) is 38.5 Å². The smallest absolute Gasteiger partial charge is 0.219 e. The van der Waals surface area contributed by atoms with Crippen molar-refractivity contribution in [2.75, 3.05) is 13.2 Å². The topological polar surface area (TPSA) is 180 Å². The first-order valence-electron chi connectivity index (χ1n) is 8.82. The van der Waals surface area contributed by atoms with Crippen molar-refractivity contribution in [2.45, 2.75) is 85.7 Å². The number of ether oxygens (including phenoxy) is 2. The summed E-state index contributed by atoms with van der Waals surface area (Å²) < 4.78 is 11.2. The Morgan fingerprint density at radius 2 is 0.962 bits per heavy atom. The molecule has 0 aromatic carbocycles. The predicted octanol–water partition coefficient (Wildman–Crippen LogP) is -3.32. The zero-order valence-corrected chi connectivity index (χ0v) is 14.4. The summed E-state index contributed by atoms with van der Waals surface area (Å²) in [6.45, 7) is -1.77. The van der Waals surface area contributed by atoms with Gasteiger partial charge in [-0.25, -0.2) is 0 Å². The second-order valence-corrected chi connectivity index (χ2v) is 8.01. The molecular weight excluding hydrogens is 352 g/mol. The maximum Gasteiger partial charge on any atom is 0.219 e. The molecule has 0 aromatic rings. The van der Waals surface area contributed by atoms with Crippen LogP contribution < -0.4 is 0 Å². The van der Waals surface area contributed by atoms with E-state index < -0.39 is 60.4 Å². The van der Waals surface area contributed by atoms with Crippen molar-refractivity contribution in [3.8, 4) is 0 Å². The standard InChI is InChI=1S/C16H28O10/c17-7-15(23)11(21)9(19)5-13(25-15)1-2-14(4-3-13)6-10(20)12(22)16(24,8-18)26-14/h9-12,17-24H,1-8H2/t9-,10-,11+,12+,13?,14?,15-,16-/m1/s1. The summed E-state index contributed by atoms with van der Waals surface area (Å²) in [5.74, 6) is -4.56. The minimum absolute atomic E-state index is 0.0437. The number of hydrogen-bond donors (Lipinski definition) is 8. The van der Waals surface area contributed by atoms with Crippen molar-refractivity contribution in [1.82, 2.24) is 0 Å². The molecule has 6 atom stereocenters. The van der Waals surface area contributed by atoms with Crippen LogP contribution in [0.5, 0.6) is 0 Å². The second kappa shape index (κ2) is 6.59. The van der Waals surface area contributed by atoms with Crippen LogP contribution in [0.15, 0.2) is 0 Å². The summed E-state index contributed by atoms with van der Waals surface area (Å²) in [6, 6.07) is 0. The average Bonchev–Trinajstić information content (AvgIpc) is 2.61. The third kappa shape index (κ3) is 3.18. The molecule has 2 heterocycles. The van der Waals surface area contributed by atoms with E-state index in [1.54, 1.807) is 0 Å². The zero-order chi connectivity index (χ0) is 19.4. The van der Waals surface area contributed by atoms with Gasteiger partial charge in [-0.1, -0.05) is 0 Å². The molecule has 3 aliphatic rings. The van der Waals surface area contributed by atoms with Gasteiger partial charge in [-0.15, -0.1) is 0 Å².